The zero-order chi connectivity index (χ0) is 23.0. The third-order valence-corrected chi connectivity index (χ3v) is 9.80. The average molecular weight is 467 g/mol. The Labute approximate surface area is 195 Å². The number of carbonyl (C=O) groups is 3. The molecule has 4 aliphatic rings. The lowest BCUT2D eigenvalue weighted by atomic mass is 9.71. The van der Waals surface area contributed by atoms with Crippen molar-refractivity contribution in [1.82, 2.24) is 10.2 Å². The highest BCUT2D eigenvalue weighted by molar-refractivity contribution is 8.02. The SMILES string of the molecule is CCOC(=O)[C@@H]1[C@@H]2CCC3(S2)C(C(=O)NC2CCCCC2)N([C@@H](CO)CC(C)C)C(=O)[C@H]13. The second kappa shape index (κ2) is 9.53. The van der Waals surface area contributed by atoms with E-state index in [1.165, 1.54) is 6.42 Å². The van der Waals surface area contributed by atoms with Crippen LogP contribution in [0.5, 0.6) is 0 Å². The third-order valence-electron chi connectivity index (χ3n) is 7.84. The summed E-state index contributed by atoms with van der Waals surface area (Å²) in [5.41, 5.74) is 0. The zero-order valence-corrected chi connectivity index (χ0v) is 20.4. The number of fused-ring (bicyclic) bond motifs is 1. The number of aliphatic hydroxyl groups is 1. The van der Waals surface area contributed by atoms with Gasteiger partial charge in [-0.15, -0.1) is 11.8 Å². The van der Waals surface area contributed by atoms with Crippen molar-refractivity contribution in [3.8, 4) is 0 Å². The Morgan fingerprint density at radius 2 is 1.97 bits per heavy atom. The number of carbonyl (C=O) groups excluding carboxylic acids is 3. The van der Waals surface area contributed by atoms with Crippen molar-refractivity contribution < 1.29 is 24.2 Å². The lowest BCUT2D eigenvalue weighted by molar-refractivity contribution is -0.154. The fourth-order valence-corrected chi connectivity index (χ4v) is 8.83. The van der Waals surface area contributed by atoms with Crippen LogP contribution in [-0.4, -0.2) is 69.1 Å². The molecule has 2 amide bonds. The summed E-state index contributed by atoms with van der Waals surface area (Å²) in [4.78, 5) is 42.2. The molecule has 6 atom stereocenters. The highest BCUT2D eigenvalue weighted by Gasteiger charge is 2.74. The van der Waals surface area contributed by atoms with Crippen LogP contribution < -0.4 is 5.32 Å². The van der Waals surface area contributed by atoms with Crippen LogP contribution in [0.2, 0.25) is 0 Å². The molecule has 2 unspecified atom stereocenters. The summed E-state index contributed by atoms with van der Waals surface area (Å²) < 4.78 is 4.75. The Morgan fingerprint density at radius 1 is 1.25 bits per heavy atom. The number of nitrogens with zero attached hydrogens (tertiary/aromatic N) is 1. The van der Waals surface area contributed by atoms with Gasteiger partial charge >= 0.3 is 5.97 Å². The highest BCUT2D eigenvalue weighted by atomic mass is 32.2. The quantitative estimate of drug-likeness (QED) is 0.534. The first-order valence-corrected chi connectivity index (χ1v) is 13.3. The standard InChI is InChI=1S/C24H38N2O5S/c1-4-31-23(30)18-17-10-11-24(32-17)19(18)22(29)26(16(13-27)12-14(2)3)20(24)21(28)25-15-8-6-5-7-9-15/h14-20,27H,4-13H2,1-3H3,(H,25,28)/t16-,17+,18-,19+,20?,24?/m1/s1. The first-order chi connectivity index (χ1) is 15.3. The van der Waals surface area contributed by atoms with Crippen LogP contribution in [0, 0.1) is 17.8 Å². The van der Waals surface area contributed by atoms with E-state index in [1.807, 2.05) is 0 Å². The number of thioether (sulfide) groups is 1. The molecule has 4 fully saturated rings. The van der Waals surface area contributed by atoms with Crippen molar-refractivity contribution in [1.29, 1.82) is 0 Å². The van der Waals surface area contributed by atoms with Crippen molar-refractivity contribution in [3.05, 3.63) is 0 Å². The van der Waals surface area contributed by atoms with E-state index < -0.39 is 28.7 Å². The van der Waals surface area contributed by atoms with Gasteiger partial charge in [-0.05, 0) is 44.9 Å². The van der Waals surface area contributed by atoms with E-state index >= 15 is 0 Å². The number of ether oxygens (including phenoxy) is 1. The second-order valence-corrected chi connectivity index (χ2v) is 12.0. The van der Waals surface area contributed by atoms with E-state index in [0.29, 0.717) is 6.42 Å². The Kier molecular flexibility index (Phi) is 7.11. The molecule has 180 valence electrons. The van der Waals surface area contributed by atoms with Crippen LogP contribution in [-0.2, 0) is 19.1 Å². The second-order valence-electron chi connectivity index (χ2n) is 10.4. The molecule has 1 aliphatic carbocycles. The van der Waals surface area contributed by atoms with E-state index in [0.717, 1.165) is 38.5 Å². The number of hydrogen-bond acceptors (Lipinski definition) is 6. The molecule has 1 saturated carbocycles. The fourth-order valence-electron chi connectivity index (χ4n) is 6.64. The van der Waals surface area contributed by atoms with Gasteiger partial charge < -0.3 is 20.1 Å². The van der Waals surface area contributed by atoms with Crippen molar-refractivity contribution >= 4 is 29.5 Å². The van der Waals surface area contributed by atoms with Crippen LogP contribution in [0.1, 0.15) is 72.1 Å². The molecule has 0 aromatic carbocycles. The van der Waals surface area contributed by atoms with E-state index in [9.17, 15) is 19.5 Å². The predicted octanol–water partition coefficient (Wildman–Crippen LogP) is 2.50. The van der Waals surface area contributed by atoms with Gasteiger partial charge in [0.2, 0.25) is 11.8 Å². The van der Waals surface area contributed by atoms with Crippen molar-refractivity contribution in [3.63, 3.8) is 0 Å². The van der Waals surface area contributed by atoms with Gasteiger partial charge in [0.05, 0.1) is 35.8 Å². The van der Waals surface area contributed by atoms with Gasteiger partial charge in [-0.3, -0.25) is 14.4 Å². The topological polar surface area (TPSA) is 95.9 Å². The van der Waals surface area contributed by atoms with E-state index in [-0.39, 0.29) is 48.2 Å². The molecule has 4 rings (SSSR count). The largest absolute Gasteiger partial charge is 0.466 e. The number of esters is 1. The third kappa shape index (κ3) is 3.95. The number of hydrogen-bond donors (Lipinski definition) is 2. The maximum atomic E-state index is 13.9. The molecule has 3 aliphatic heterocycles. The molecular formula is C24H38N2O5S. The molecule has 3 heterocycles. The monoisotopic (exact) mass is 466 g/mol. The van der Waals surface area contributed by atoms with Crippen LogP contribution >= 0.6 is 11.8 Å². The van der Waals surface area contributed by atoms with Gasteiger partial charge in [-0.1, -0.05) is 33.1 Å². The molecule has 2 N–H and O–H groups in total. The number of nitrogens with one attached hydrogen (secondary N) is 1. The summed E-state index contributed by atoms with van der Waals surface area (Å²) in [6.07, 6.45) is 7.54. The van der Waals surface area contributed by atoms with Gasteiger partial charge in [-0.2, -0.15) is 0 Å². The van der Waals surface area contributed by atoms with Gasteiger partial charge in [0.25, 0.3) is 0 Å². The minimum Gasteiger partial charge on any atom is -0.466 e. The maximum absolute atomic E-state index is 13.9. The van der Waals surface area contributed by atoms with Gasteiger partial charge in [-0.25, -0.2) is 0 Å². The first kappa shape index (κ1) is 23.9. The Bertz CT molecular complexity index is 740. The number of aliphatic hydroxyl groups excluding tert-OH is 1. The molecule has 8 heteroatoms. The average Bonchev–Trinajstić information content (AvgIpc) is 3.40. The summed E-state index contributed by atoms with van der Waals surface area (Å²) in [6.45, 7) is 5.99. The number of likely N-dealkylation sites (tertiary alicyclic amines) is 1. The molecule has 7 nitrogen and oxygen atoms in total. The molecule has 1 spiro atoms. The molecule has 32 heavy (non-hydrogen) atoms. The Morgan fingerprint density at radius 3 is 2.59 bits per heavy atom. The van der Waals surface area contributed by atoms with Gasteiger partial charge in [0.15, 0.2) is 0 Å². The van der Waals surface area contributed by atoms with E-state index in [1.54, 1.807) is 23.6 Å². The number of amides is 2. The summed E-state index contributed by atoms with van der Waals surface area (Å²) in [5.74, 6) is -1.36. The molecule has 2 bridgehead atoms. The first-order valence-electron chi connectivity index (χ1n) is 12.4. The Balaban J connectivity index is 1.69. The van der Waals surface area contributed by atoms with Gasteiger partial charge in [0.1, 0.15) is 6.04 Å². The van der Waals surface area contributed by atoms with E-state index in [2.05, 4.69) is 19.2 Å². The zero-order valence-electron chi connectivity index (χ0n) is 19.5. The molecular weight excluding hydrogens is 428 g/mol. The predicted molar refractivity (Wildman–Crippen MR) is 123 cm³/mol. The van der Waals surface area contributed by atoms with Crippen LogP contribution in [0.15, 0.2) is 0 Å². The van der Waals surface area contributed by atoms with E-state index in [4.69, 9.17) is 4.74 Å². The summed E-state index contributed by atoms with van der Waals surface area (Å²) >= 11 is 1.66. The molecule has 0 aromatic heterocycles. The fraction of sp³-hybridized carbons (Fsp3) is 0.875. The minimum atomic E-state index is -0.646. The summed E-state index contributed by atoms with van der Waals surface area (Å²) in [6, 6.07) is -0.926. The maximum Gasteiger partial charge on any atom is 0.310 e. The normalized spacial score (nSPS) is 35.3. The smallest absolute Gasteiger partial charge is 0.310 e. The lowest BCUT2D eigenvalue weighted by Crippen LogP contribution is -2.58. The highest BCUT2D eigenvalue weighted by Crippen LogP contribution is 2.66. The molecule has 0 radical (unpaired) electrons. The number of rotatable bonds is 8. The lowest BCUT2D eigenvalue weighted by Gasteiger charge is -2.38. The van der Waals surface area contributed by atoms with Crippen LogP contribution in [0.4, 0.5) is 0 Å². The molecule has 3 saturated heterocycles. The summed E-state index contributed by atoms with van der Waals surface area (Å²) in [5, 5.41) is 13.5. The molecule has 0 aromatic rings. The van der Waals surface area contributed by atoms with Gasteiger partial charge in [0, 0.05) is 11.3 Å². The minimum absolute atomic E-state index is 0.0211. The summed E-state index contributed by atoms with van der Waals surface area (Å²) in [7, 11) is 0. The van der Waals surface area contributed by atoms with Crippen molar-refractivity contribution in [2.45, 2.75) is 100 Å². The van der Waals surface area contributed by atoms with Crippen LogP contribution in [0.3, 0.4) is 0 Å². The van der Waals surface area contributed by atoms with Crippen molar-refractivity contribution in [2.75, 3.05) is 13.2 Å². The Hall–Kier alpha value is -1.28. The van der Waals surface area contributed by atoms with Crippen molar-refractivity contribution in [2.24, 2.45) is 17.8 Å². The van der Waals surface area contributed by atoms with Crippen LogP contribution in [0.25, 0.3) is 0 Å².